The zero-order valence-electron chi connectivity index (χ0n) is 9.34. The Morgan fingerprint density at radius 3 is 2.59 bits per heavy atom. The van der Waals surface area contributed by atoms with Crippen molar-refractivity contribution < 1.29 is 24.6 Å². The van der Waals surface area contributed by atoms with Gasteiger partial charge in [0, 0.05) is 0 Å². The minimum atomic E-state index is -1.48. The second-order valence-corrected chi connectivity index (χ2v) is 4.42. The number of hydrogen-bond donors (Lipinski definition) is 3. The lowest BCUT2D eigenvalue weighted by Crippen LogP contribution is -2.72. The summed E-state index contributed by atoms with van der Waals surface area (Å²) in [6.45, 7) is 1.63. The molecule has 2 fully saturated rings. The molecule has 7 heteroatoms. The Balaban J connectivity index is 2.47. The van der Waals surface area contributed by atoms with Crippen LogP contribution >= 0.6 is 0 Å². The molecular formula is C10H14N2O5. The summed E-state index contributed by atoms with van der Waals surface area (Å²) in [5.41, 5.74) is -1.48. The van der Waals surface area contributed by atoms with E-state index < -0.39 is 35.6 Å². The molecule has 7 nitrogen and oxygen atoms in total. The van der Waals surface area contributed by atoms with E-state index in [0.717, 1.165) is 4.90 Å². The van der Waals surface area contributed by atoms with Gasteiger partial charge in [-0.05, 0) is 19.3 Å². The van der Waals surface area contributed by atoms with Crippen LogP contribution in [0.3, 0.4) is 0 Å². The normalized spacial score (nSPS) is 35.6. The molecule has 0 aromatic carbocycles. The molecular weight excluding hydrogens is 228 g/mol. The Morgan fingerprint density at radius 2 is 2.12 bits per heavy atom. The lowest BCUT2D eigenvalue weighted by molar-refractivity contribution is -0.155. The third-order valence-corrected chi connectivity index (χ3v) is 3.76. The van der Waals surface area contributed by atoms with Gasteiger partial charge in [0.1, 0.15) is 6.04 Å². The second-order valence-electron chi connectivity index (χ2n) is 4.42. The van der Waals surface area contributed by atoms with E-state index in [0.29, 0.717) is 12.8 Å². The van der Waals surface area contributed by atoms with E-state index >= 15 is 0 Å². The van der Waals surface area contributed by atoms with E-state index in [1.807, 2.05) is 0 Å². The zero-order chi connectivity index (χ0) is 12.8. The highest BCUT2D eigenvalue weighted by atomic mass is 16.4. The van der Waals surface area contributed by atoms with E-state index in [1.165, 1.54) is 0 Å². The molecule has 3 N–H and O–H groups in total. The standard InChI is InChI=1S/C10H14N2O5/c1-2-10(8(14)15)6-4-3-5(7(13)11-10)12(6)9(16)17/h5-6H,2-4H2,1H3,(H,11,13)(H,14,15)(H,16,17). The number of amides is 2. The molecule has 0 spiro atoms. The van der Waals surface area contributed by atoms with Crippen molar-refractivity contribution >= 4 is 18.0 Å². The van der Waals surface area contributed by atoms with Crippen LogP contribution < -0.4 is 5.32 Å². The molecule has 2 aliphatic rings. The largest absolute Gasteiger partial charge is 0.479 e. The van der Waals surface area contributed by atoms with Gasteiger partial charge in [0.15, 0.2) is 5.54 Å². The van der Waals surface area contributed by atoms with Crippen molar-refractivity contribution in [3.05, 3.63) is 0 Å². The van der Waals surface area contributed by atoms with Crippen molar-refractivity contribution in [1.29, 1.82) is 0 Å². The van der Waals surface area contributed by atoms with Gasteiger partial charge in [0.25, 0.3) is 0 Å². The predicted octanol–water partition coefficient (Wildman–Crippen LogP) is -0.139. The Morgan fingerprint density at radius 1 is 1.47 bits per heavy atom. The summed E-state index contributed by atoms with van der Waals surface area (Å²) >= 11 is 0. The van der Waals surface area contributed by atoms with Crippen LogP contribution in [0.4, 0.5) is 4.79 Å². The number of piperazine rings is 1. The highest BCUT2D eigenvalue weighted by Crippen LogP contribution is 2.37. The van der Waals surface area contributed by atoms with Crippen molar-refractivity contribution in [1.82, 2.24) is 10.2 Å². The minimum Gasteiger partial charge on any atom is -0.479 e. The molecule has 2 saturated heterocycles. The minimum absolute atomic E-state index is 0.162. The lowest BCUT2D eigenvalue weighted by Gasteiger charge is -2.44. The van der Waals surface area contributed by atoms with Crippen molar-refractivity contribution in [2.75, 3.05) is 0 Å². The number of nitrogens with one attached hydrogen (secondary N) is 1. The maximum atomic E-state index is 11.8. The van der Waals surface area contributed by atoms with Crippen molar-refractivity contribution in [2.24, 2.45) is 0 Å². The van der Waals surface area contributed by atoms with Gasteiger partial charge < -0.3 is 15.5 Å². The monoisotopic (exact) mass is 242 g/mol. The van der Waals surface area contributed by atoms with E-state index in [-0.39, 0.29) is 6.42 Å². The quantitative estimate of drug-likeness (QED) is 0.624. The maximum Gasteiger partial charge on any atom is 0.408 e. The molecule has 0 aromatic rings. The van der Waals surface area contributed by atoms with Gasteiger partial charge in [-0.3, -0.25) is 9.69 Å². The van der Waals surface area contributed by atoms with Crippen molar-refractivity contribution in [2.45, 2.75) is 43.8 Å². The number of carbonyl (C=O) groups is 3. The number of rotatable bonds is 2. The Bertz CT molecular complexity index is 396. The predicted molar refractivity (Wildman–Crippen MR) is 55.5 cm³/mol. The maximum absolute atomic E-state index is 11.8. The van der Waals surface area contributed by atoms with Gasteiger partial charge in [-0.1, -0.05) is 6.92 Å². The summed E-state index contributed by atoms with van der Waals surface area (Å²) in [6.07, 6.45) is -0.283. The van der Waals surface area contributed by atoms with Gasteiger partial charge >= 0.3 is 12.1 Å². The average molecular weight is 242 g/mol. The summed E-state index contributed by atoms with van der Waals surface area (Å²) < 4.78 is 0. The molecule has 0 aromatic heterocycles. The fraction of sp³-hybridized carbons (Fsp3) is 0.700. The fourth-order valence-electron chi connectivity index (χ4n) is 2.88. The third kappa shape index (κ3) is 1.38. The van der Waals surface area contributed by atoms with E-state index in [1.54, 1.807) is 6.92 Å². The van der Waals surface area contributed by atoms with Crippen molar-refractivity contribution in [3.8, 4) is 0 Å². The molecule has 3 atom stereocenters. The van der Waals surface area contributed by atoms with E-state index in [2.05, 4.69) is 5.32 Å². The molecule has 2 rings (SSSR count). The van der Waals surface area contributed by atoms with E-state index in [4.69, 9.17) is 5.11 Å². The number of aliphatic carboxylic acids is 1. The number of carboxylic acid groups (broad SMARTS) is 2. The summed E-state index contributed by atoms with van der Waals surface area (Å²) in [6, 6.07) is -1.42. The fourth-order valence-corrected chi connectivity index (χ4v) is 2.88. The molecule has 0 saturated carbocycles. The van der Waals surface area contributed by atoms with Crippen molar-refractivity contribution in [3.63, 3.8) is 0 Å². The Kier molecular flexibility index (Phi) is 2.48. The molecule has 2 heterocycles. The van der Waals surface area contributed by atoms with Gasteiger partial charge in [-0.2, -0.15) is 0 Å². The number of carboxylic acids is 1. The van der Waals surface area contributed by atoms with Gasteiger partial charge in [0.2, 0.25) is 5.91 Å². The van der Waals surface area contributed by atoms with Crippen LogP contribution in [0.15, 0.2) is 0 Å². The lowest BCUT2D eigenvalue weighted by atomic mass is 9.85. The Labute approximate surface area is 97.4 Å². The topological polar surface area (TPSA) is 107 Å². The highest BCUT2D eigenvalue weighted by molar-refractivity contribution is 5.95. The first-order valence-corrected chi connectivity index (χ1v) is 5.50. The van der Waals surface area contributed by atoms with Crippen LogP contribution in [-0.4, -0.2) is 50.7 Å². The highest BCUT2D eigenvalue weighted by Gasteiger charge is 2.60. The number of nitrogens with zero attached hydrogens (tertiary/aromatic N) is 1. The summed E-state index contributed by atoms with van der Waals surface area (Å²) in [7, 11) is 0. The summed E-state index contributed by atoms with van der Waals surface area (Å²) in [5.74, 6) is -1.68. The molecule has 0 aliphatic carbocycles. The average Bonchev–Trinajstić information content (AvgIpc) is 2.64. The van der Waals surface area contributed by atoms with Crippen LogP contribution in [-0.2, 0) is 9.59 Å². The molecule has 94 valence electrons. The Hall–Kier alpha value is -1.79. The van der Waals surface area contributed by atoms with Crippen LogP contribution in [0.1, 0.15) is 26.2 Å². The molecule has 2 aliphatic heterocycles. The summed E-state index contributed by atoms with van der Waals surface area (Å²) in [4.78, 5) is 35.3. The molecule has 2 amide bonds. The molecule has 0 radical (unpaired) electrons. The van der Waals surface area contributed by atoms with Gasteiger partial charge in [-0.15, -0.1) is 0 Å². The SMILES string of the molecule is CCC1(C(=O)O)NC(=O)C2CCC1N2C(=O)O. The van der Waals surface area contributed by atoms with Crippen LogP contribution in [0, 0.1) is 0 Å². The molecule has 2 bridgehead atoms. The zero-order valence-corrected chi connectivity index (χ0v) is 9.34. The summed E-state index contributed by atoms with van der Waals surface area (Å²) in [5, 5.41) is 20.9. The number of carbonyl (C=O) groups excluding carboxylic acids is 1. The third-order valence-electron chi connectivity index (χ3n) is 3.76. The molecule has 17 heavy (non-hydrogen) atoms. The second kappa shape index (κ2) is 3.61. The first kappa shape index (κ1) is 11.7. The van der Waals surface area contributed by atoms with Gasteiger partial charge in [-0.25, -0.2) is 9.59 Å². The first-order valence-electron chi connectivity index (χ1n) is 5.50. The number of hydrogen-bond acceptors (Lipinski definition) is 3. The first-order chi connectivity index (χ1) is 7.94. The number of fused-ring (bicyclic) bond motifs is 2. The van der Waals surface area contributed by atoms with Crippen LogP contribution in [0.5, 0.6) is 0 Å². The van der Waals surface area contributed by atoms with Crippen LogP contribution in [0.2, 0.25) is 0 Å². The van der Waals surface area contributed by atoms with E-state index in [9.17, 15) is 19.5 Å². The van der Waals surface area contributed by atoms with Gasteiger partial charge in [0.05, 0.1) is 6.04 Å². The smallest absolute Gasteiger partial charge is 0.408 e. The van der Waals surface area contributed by atoms with Crippen LogP contribution in [0.25, 0.3) is 0 Å². The molecule has 3 unspecified atom stereocenters.